The van der Waals surface area contributed by atoms with Crippen LogP contribution in [0.25, 0.3) is 10.2 Å². The van der Waals surface area contributed by atoms with Crippen molar-refractivity contribution in [1.29, 1.82) is 0 Å². The molecule has 0 saturated heterocycles. The fraction of sp³-hybridized carbons (Fsp3) is 0.103. The Morgan fingerprint density at radius 2 is 1.75 bits per heavy atom. The number of hydrogen-bond acceptors (Lipinski definition) is 6. The van der Waals surface area contributed by atoms with Crippen LogP contribution in [0.3, 0.4) is 0 Å². The van der Waals surface area contributed by atoms with Gasteiger partial charge < -0.3 is 10.1 Å². The number of benzene rings is 4. The zero-order valence-electron chi connectivity index (χ0n) is 19.5. The van der Waals surface area contributed by atoms with Gasteiger partial charge in [-0.1, -0.05) is 60.3 Å². The van der Waals surface area contributed by atoms with E-state index >= 15 is 0 Å². The van der Waals surface area contributed by atoms with Crippen molar-refractivity contribution in [1.82, 2.24) is 4.98 Å². The first-order valence-electron chi connectivity index (χ1n) is 11.6. The van der Waals surface area contributed by atoms with Crippen molar-refractivity contribution in [2.24, 2.45) is 0 Å². The van der Waals surface area contributed by atoms with Gasteiger partial charge in [-0.25, -0.2) is 4.98 Å². The molecule has 0 aliphatic carbocycles. The summed E-state index contributed by atoms with van der Waals surface area (Å²) in [5.74, 6) is 1.50. The summed E-state index contributed by atoms with van der Waals surface area (Å²) in [5, 5.41) is 3.60. The standard InChI is InChI=1S/C29H23N3O2S2/c1-34-25-16-15-19(17-20(25)18-35-29-31-24-13-7-8-14-26(24)36-29)27-30-23-12-6-5-11-22(23)28(33)32(27)21-9-3-2-4-10-21/h2-17,27,30H,18H2,1H3/t27-/m0/s1. The molecular formula is C29H23N3O2S2. The lowest BCUT2D eigenvalue weighted by molar-refractivity contribution is 0.0975. The molecule has 1 aliphatic rings. The number of para-hydroxylation sites is 3. The number of anilines is 2. The first kappa shape index (κ1) is 22.6. The summed E-state index contributed by atoms with van der Waals surface area (Å²) < 4.78 is 7.90. The highest BCUT2D eigenvalue weighted by atomic mass is 32.2. The van der Waals surface area contributed by atoms with Gasteiger partial charge in [0.25, 0.3) is 5.91 Å². The van der Waals surface area contributed by atoms with Gasteiger partial charge in [0.05, 0.1) is 22.9 Å². The quantitative estimate of drug-likeness (QED) is 0.242. The SMILES string of the molecule is COc1ccc([C@H]2Nc3ccccc3C(=O)N2c2ccccc2)cc1CSc1nc2ccccc2s1. The molecule has 1 aromatic heterocycles. The van der Waals surface area contributed by atoms with E-state index in [0.717, 1.165) is 38.1 Å². The smallest absolute Gasteiger partial charge is 0.262 e. The summed E-state index contributed by atoms with van der Waals surface area (Å²) >= 11 is 3.40. The van der Waals surface area contributed by atoms with Crippen LogP contribution < -0.4 is 15.0 Å². The zero-order valence-corrected chi connectivity index (χ0v) is 21.2. The molecule has 4 aromatic carbocycles. The van der Waals surface area contributed by atoms with E-state index in [0.29, 0.717) is 11.3 Å². The minimum atomic E-state index is -0.355. The lowest BCUT2D eigenvalue weighted by atomic mass is 10.0. The van der Waals surface area contributed by atoms with E-state index in [-0.39, 0.29) is 12.1 Å². The molecule has 0 spiro atoms. The van der Waals surface area contributed by atoms with E-state index in [1.54, 1.807) is 30.2 Å². The topological polar surface area (TPSA) is 54.5 Å². The summed E-state index contributed by atoms with van der Waals surface area (Å²) in [5.41, 5.74) is 5.41. The molecule has 5 nitrogen and oxygen atoms in total. The van der Waals surface area contributed by atoms with E-state index in [1.807, 2.05) is 89.8 Å². The van der Waals surface area contributed by atoms with Crippen LogP contribution in [0.5, 0.6) is 5.75 Å². The first-order valence-corrected chi connectivity index (χ1v) is 13.4. The number of nitrogens with one attached hydrogen (secondary N) is 1. The van der Waals surface area contributed by atoms with Gasteiger partial charge in [-0.15, -0.1) is 11.3 Å². The van der Waals surface area contributed by atoms with Gasteiger partial charge in [0.2, 0.25) is 0 Å². The average Bonchev–Trinajstić information content (AvgIpc) is 3.35. The summed E-state index contributed by atoms with van der Waals surface area (Å²) in [6, 6.07) is 31.8. The normalized spacial score (nSPS) is 15.0. The third-order valence-corrected chi connectivity index (χ3v) is 8.43. The van der Waals surface area contributed by atoms with Crippen LogP contribution in [-0.4, -0.2) is 18.0 Å². The zero-order chi connectivity index (χ0) is 24.5. The van der Waals surface area contributed by atoms with Gasteiger partial charge in [0, 0.05) is 22.7 Å². The molecular weight excluding hydrogens is 486 g/mol. The van der Waals surface area contributed by atoms with Gasteiger partial charge in [0.1, 0.15) is 11.9 Å². The third kappa shape index (κ3) is 4.21. The Kier molecular flexibility index (Phi) is 6.09. The molecule has 1 N–H and O–H groups in total. The Labute approximate surface area is 217 Å². The molecule has 1 aliphatic heterocycles. The van der Waals surface area contributed by atoms with Crippen molar-refractivity contribution >= 4 is 50.6 Å². The van der Waals surface area contributed by atoms with Crippen molar-refractivity contribution in [3.63, 3.8) is 0 Å². The second-order valence-corrected chi connectivity index (χ2v) is 10.7. The number of methoxy groups -OCH3 is 1. The van der Waals surface area contributed by atoms with Gasteiger partial charge in [-0.2, -0.15) is 0 Å². The Morgan fingerprint density at radius 3 is 2.58 bits per heavy atom. The van der Waals surface area contributed by atoms with Gasteiger partial charge in [-0.3, -0.25) is 9.69 Å². The van der Waals surface area contributed by atoms with Crippen LogP contribution in [0.2, 0.25) is 0 Å². The van der Waals surface area contributed by atoms with Crippen LogP contribution in [0.4, 0.5) is 11.4 Å². The van der Waals surface area contributed by atoms with Gasteiger partial charge in [0.15, 0.2) is 4.34 Å². The molecule has 1 amide bonds. The molecule has 0 unspecified atom stereocenters. The lowest BCUT2D eigenvalue weighted by Crippen LogP contribution is -2.43. The van der Waals surface area contributed by atoms with E-state index < -0.39 is 0 Å². The van der Waals surface area contributed by atoms with Crippen LogP contribution in [0.1, 0.15) is 27.7 Å². The first-order chi connectivity index (χ1) is 17.7. The minimum Gasteiger partial charge on any atom is -0.496 e. The third-order valence-electron chi connectivity index (χ3n) is 6.21. The highest BCUT2D eigenvalue weighted by Crippen LogP contribution is 2.39. The second kappa shape index (κ2) is 9.68. The minimum absolute atomic E-state index is 0.0261. The number of aromatic nitrogens is 1. The Morgan fingerprint density at radius 1 is 0.972 bits per heavy atom. The van der Waals surface area contributed by atoms with E-state index in [2.05, 4.69) is 17.4 Å². The highest BCUT2D eigenvalue weighted by molar-refractivity contribution is 8.00. The predicted molar refractivity (Wildman–Crippen MR) is 148 cm³/mol. The number of ether oxygens (including phenoxy) is 1. The van der Waals surface area contributed by atoms with Crippen LogP contribution in [-0.2, 0) is 5.75 Å². The number of carbonyl (C=O) groups is 1. The molecule has 0 fully saturated rings. The number of amides is 1. The monoisotopic (exact) mass is 509 g/mol. The molecule has 178 valence electrons. The Balaban J connectivity index is 1.36. The van der Waals surface area contributed by atoms with E-state index in [1.165, 1.54) is 4.70 Å². The number of thiazole rings is 1. The van der Waals surface area contributed by atoms with E-state index in [9.17, 15) is 4.79 Å². The largest absolute Gasteiger partial charge is 0.496 e. The number of hydrogen-bond donors (Lipinski definition) is 1. The second-order valence-electron chi connectivity index (χ2n) is 8.41. The molecule has 0 radical (unpaired) electrons. The van der Waals surface area contributed by atoms with Gasteiger partial charge >= 0.3 is 0 Å². The average molecular weight is 510 g/mol. The summed E-state index contributed by atoms with van der Waals surface area (Å²) in [6.45, 7) is 0. The van der Waals surface area contributed by atoms with Crippen molar-refractivity contribution in [2.45, 2.75) is 16.3 Å². The Bertz CT molecular complexity index is 1520. The number of carbonyl (C=O) groups excluding carboxylic acids is 1. The summed E-state index contributed by atoms with van der Waals surface area (Å²) in [6.07, 6.45) is -0.355. The van der Waals surface area contributed by atoms with Crippen molar-refractivity contribution in [3.05, 3.63) is 114 Å². The molecule has 36 heavy (non-hydrogen) atoms. The Hall–Kier alpha value is -3.81. The maximum atomic E-state index is 13.7. The molecule has 5 aromatic rings. The van der Waals surface area contributed by atoms with Crippen molar-refractivity contribution in [2.75, 3.05) is 17.3 Å². The maximum Gasteiger partial charge on any atom is 0.262 e. The summed E-state index contributed by atoms with van der Waals surface area (Å²) in [4.78, 5) is 20.2. The van der Waals surface area contributed by atoms with Crippen molar-refractivity contribution < 1.29 is 9.53 Å². The molecule has 1 atom stereocenters. The maximum absolute atomic E-state index is 13.7. The molecule has 7 heteroatoms. The molecule has 6 rings (SSSR count). The molecule has 0 bridgehead atoms. The molecule has 2 heterocycles. The number of rotatable bonds is 6. The fourth-order valence-electron chi connectivity index (χ4n) is 4.48. The summed E-state index contributed by atoms with van der Waals surface area (Å²) in [7, 11) is 1.69. The van der Waals surface area contributed by atoms with Crippen LogP contribution >= 0.6 is 23.1 Å². The predicted octanol–water partition coefficient (Wildman–Crippen LogP) is 7.37. The van der Waals surface area contributed by atoms with Crippen LogP contribution in [0.15, 0.2) is 101 Å². The highest BCUT2D eigenvalue weighted by Gasteiger charge is 2.34. The number of nitrogens with zero attached hydrogens (tertiary/aromatic N) is 2. The van der Waals surface area contributed by atoms with Gasteiger partial charge in [-0.05, 0) is 54.1 Å². The van der Waals surface area contributed by atoms with Crippen LogP contribution in [0, 0.1) is 0 Å². The lowest BCUT2D eigenvalue weighted by Gasteiger charge is -2.38. The van der Waals surface area contributed by atoms with Crippen molar-refractivity contribution in [3.8, 4) is 5.75 Å². The van der Waals surface area contributed by atoms with E-state index in [4.69, 9.17) is 9.72 Å². The molecule has 0 saturated carbocycles. The fourth-order valence-corrected chi connectivity index (χ4v) is 6.52. The number of fused-ring (bicyclic) bond motifs is 2. The number of thioether (sulfide) groups is 1.